The van der Waals surface area contributed by atoms with Gasteiger partial charge in [-0.2, -0.15) is 16.1 Å². The Morgan fingerprint density at radius 1 is 1.22 bits per heavy atom. The van der Waals surface area contributed by atoms with Crippen LogP contribution < -0.4 is 10.3 Å². The summed E-state index contributed by atoms with van der Waals surface area (Å²) in [6.07, 6.45) is 1.53. The summed E-state index contributed by atoms with van der Waals surface area (Å²) in [5.41, 5.74) is 1.10. The molecule has 0 bridgehead atoms. The molecule has 1 saturated heterocycles. The number of aromatic nitrogens is 4. The topological polar surface area (TPSA) is 110 Å². The molecular formula is C21H27N5O4S2. The van der Waals surface area contributed by atoms with E-state index in [-0.39, 0.29) is 16.3 Å². The lowest BCUT2D eigenvalue weighted by Crippen LogP contribution is -2.37. The molecule has 0 saturated carbocycles. The number of hydrogen-bond acceptors (Lipinski definition) is 7. The van der Waals surface area contributed by atoms with Gasteiger partial charge in [-0.1, -0.05) is 6.92 Å². The summed E-state index contributed by atoms with van der Waals surface area (Å²) < 4.78 is 35.3. The third kappa shape index (κ3) is 4.16. The molecule has 3 heterocycles. The van der Waals surface area contributed by atoms with E-state index >= 15 is 0 Å². The van der Waals surface area contributed by atoms with E-state index < -0.39 is 10.0 Å². The smallest absolute Gasteiger partial charge is 0.277 e. The Morgan fingerprint density at radius 3 is 2.66 bits per heavy atom. The van der Waals surface area contributed by atoms with Crippen LogP contribution in [0.1, 0.15) is 31.8 Å². The van der Waals surface area contributed by atoms with Crippen molar-refractivity contribution in [1.82, 2.24) is 23.9 Å². The number of benzene rings is 1. The number of thioether (sulfide) groups is 1. The fourth-order valence-corrected chi connectivity index (χ4v) is 6.42. The van der Waals surface area contributed by atoms with E-state index in [1.807, 2.05) is 13.8 Å². The number of ether oxygens (including phenoxy) is 1. The molecule has 172 valence electrons. The fourth-order valence-electron chi connectivity index (χ4n) is 3.81. The highest BCUT2D eigenvalue weighted by atomic mass is 32.2. The highest BCUT2D eigenvalue weighted by Crippen LogP contribution is 2.32. The maximum Gasteiger partial charge on any atom is 0.277 e. The van der Waals surface area contributed by atoms with Crippen LogP contribution in [0.4, 0.5) is 0 Å². The molecule has 1 aliphatic heterocycles. The quantitative estimate of drug-likeness (QED) is 0.557. The Morgan fingerprint density at radius 2 is 1.97 bits per heavy atom. The van der Waals surface area contributed by atoms with Crippen LogP contribution in [0.25, 0.3) is 16.9 Å². The van der Waals surface area contributed by atoms with Crippen molar-refractivity contribution < 1.29 is 13.2 Å². The van der Waals surface area contributed by atoms with Crippen molar-refractivity contribution in [1.29, 1.82) is 0 Å². The molecule has 1 aromatic carbocycles. The van der Waals surface area contributed by atoms with Gasteiger partial charge in [-0.15, -0.1) is 5.10 Å². The van der Waals surface area contributed by atoms with Crippen LogP contribution in [0.15, 0.2) is 27.9 Å². The predicted octanol–water partition coefficient (Wildman–Crippen LogP) is 2.48. The number of imidazole rings is 1. The monoisotopic (exact) mass is 477 g/mol. The number of aryl methyl sites for hydroxylation is 2. The zero-order chi connectivity index (χ0) is 22.9. The van der Waals surface area contributed by atoms with E-state index in [0.717, 1.165) is 17.9 Å². The van der Waals surface area contributed by atoms with Crippen LogP contribution >= 0.6 is 11.8 Å². The number of hydrogen-bond donors (Lipinski definition) is 1. The minimum atomic E-state index is -3.66. The van der Waals surface area contributed by atoms with Gasteiger partial charge in [0.2, 0.25) is 10.0 Å². The van der Waals surface area contributed by atoms with Crippen LogP contribution in [0.5, 0.6) is 5.75 Å². The third-order valence-corrected chi connectivity index (χ3v) is 8.17. The first-order chi connectivity index (χ1) is 15.4. The molecule has 1 fully saturated rings. The Labute approximate surface area is 191 Å². The second-order valence-electron chi connectivity index (χ2n) is 7.53. The average molecular weight is 478 g/mol. The second-order valence-corrected chi connectivity index (χ2v) is 10.7. The molecule has 4 rings (SSSR count). The van der Waals surface area contributed by atoms with Gasteiger partial charge in [-0.25, -0.2) is 17.9 Å². The van der Waals surface area contributed by atoms with Gasteiger partial charge in [0, 0.05) is 31.0 Å². The molecule has 3 aromatic rings. The molecule has 0 radical (unpaired) electrons. The largest absolute Gasteiger partial charge is 0.493 e. The van der Waals surface area contributed by atoms with E-state index in [9.17, 15) is 13.2 Å². The van der Waals surface area contributed by atoms with Gasteiger partial charge < -0.3 is 9.72 Å². The second kappa shape index (κ2) is 9.24. The SMILES string of the molecule is CCCc1nc(C)c2c(=O)[nH]c(-c3cc(S(=O)(=O)N4CCSCC4)ccc3OCC)nn12. The van der Waals surface area contributed by atoms with Gasteiger partial charge in [0.1, 0.15) is 11.6 Å². The van der Waals surface area contributed by atoms with E-state index in [0.29, 0.717) is 54.5 Å². The fraction of sp³-hybridized carbons (Fsp3) is 0.476. The first-order valence-electron chi connectivity index (χ1n) is 10.7. The van der Waals surface area contributed by atoms with E-state index in [4.69, 9.17) is 4.74 Å². The van der Waals surface area contributed by atoms with Gasteiger partial charge in [-0.05, 0) is 38.5 Å². The summed E-state index contributed by atoms with van der Waals surface area (Å²) in [6, 6.07) is 4.71. The van der Waals surface area contributed by atoms with Crippen LogP contribution in [0.3, 0.4) is 0 Å². The third-order valence-electron chi connectivity index (χ3n) is 5.33. The lowest BCUT2D eigenvalue weighted by atomic mass is 10.2. The zero-order valence-corrected chi connectivity index (χ0v) is 20.1. The number of sulfonamides is 1. The lowest BCUT2D eigenvalue weighted by molar-refractivity contribution is 0.341. The predicted molar refractivity (Wildman–Crippen MR) is 125 cm³/mol. The number of H-pyrrole nitrogens is 1. The minimum absolute atomic E-state index is 0.154. The molecule has 0 unspecified atom stereocenters. The first-order valence-corrected chi connectivity index (χ1v) is 13.3. The normalized spacial score (nSPS) is 15.3. The summed E-state index contributed by atoms with van der Waals surface area (Å²) in [6.45, 7) is 7.00. The standard InChI is InChI=1S/C21H27N5O4S2/c1-4-6-18-22-14(3)19-21(27)23-20(24-26(18)19)16-13-15(7-8-17(16)30-5-2)32(28,29)25-9-11-31-12-10-25/h7-8,13H,4-6,9-12H2,1-3H3,(H,23,24,27). The molecule has 32 heavy (non-hydrogen) atoms. The number of fused-ring (bicyclic) bond motifs is 1. The molecule has 11 heteroatoms. The van der Waals surface area contributed by atoms with Crippen molar-refractivity contribution in [3.05, 3.63) is 40.1 Å². The summed E-state index contributed by atoms with van der Waals surface area (Å²) in [7, 11) is -3.66. The van der Waals surface area contributed by atoms with Crippen molar-refractivity contribution in [3.63, 3.8) is 0 Å². The number of rotatable bonds is 7. The highest BCUT2D eigenvalue weighted by Gasteiger charge is 2.28. The summed E-state index contributed by atoms with van der Waals surface area (Å²) in [5.74, 6) is 2.94. The Bertz CT molecular complexity index is 1290. The maximum absolute atomic E-state index is 13.2. The number of aromatic amines is 1. The number of nitrogens with one attached hydrogen (secondary N) is 1. The Kier molecular flexibility index (Phi) is 6.59. The van der Waals surface area contributed by atoms with Gasteiger partial charge in [0.05, 0.1) is 22.8 Å². The van der Waals surface area contributed by atoms with Crippen molar-refractivity contribution in [2.24, 2.45) is 0 Å². The Hall–Kier alpha value is -2.37. The van der Waals surface area contributed by atoms with Crippen molar-refractivity contribution in [2.45, 2.75) is 38.5 Å². The molecule has 0 atom stereocenters. The van der Waals surface area contributed by atoms with Gasteiger partial charge in [0.25, 0.3) is 5.56 Å². The lowest BCUT2D eigenvalue weighted by Gasteiger charge is -2.26. The van der Waals surface area contributed by atoms with Crippen LogP contribution in [0.2, 0.25) is 0 Å². The molecule has 0 spiro atoms. The maximum atomic E-state index is 13.2. The van der Waals surface area contributed by atoms with Crippen molar-refractivity contribution in [3.8, 4) is 17.1 Å². The molecular weight excluding hydrogens is 450 g/mol. The van der Waals surface area contributed by atoms with Gasteiger partial charge in [0.15, 0.2) is 11.3 Å². The summed E-state index contributed by atoms with van der Waals surface area (Å²) in [5, 5.41) is 4.63. The van der Waals surface area contributed by atoms with Crippen LogP contribution in [0, 0.1) is 6.92 Å². The number of nitrogens with zero attached hydrogens (tertiary/aromatic N) is 4. The van der Waals surface area contributed by atoms with Gasteiger partial charge in [-0.3, -0.25) is 4.79 Å². The van der Waals surface area contributed by atoms with E-state index in [1.165, 1.54) is 10.4 Å². The van der Waals surface area contributed by atoms with Gasteiger partial charge >= 0.3 is 0 Å². The highest BCUT2D eigenvalue weighted by molar-refractivity contribution is 7.99. The summed E-state index contributed by atoms with van der Waals surface area (Å²) >= 11 is 1.74. The Balaban J connectivity index is 1.88. The van der Waals surface area contributed by atoms with Crippen molar-refractivity contribution in [2.75, 3.05) is 31.2 Å². The van der Waals surface area contributed by atoms with Crippen molar-refractivity contribution >= 4 is 27.3 Å². The molecule has 9 nitrogen and oxygen atoms in total. The average Bonchev–Trinajstić information content (AvgIpc) is 3.10. The van der Waals surface area contributed by atoms with Crippen LogP contribution in [-0.4, -0.2) is 63.5 Å². The molecule has 1 N–H and O–H groups in total. The van der Waals surface area contributed by atoms with E-state index in [1.54, 1.807) is 35.3 Å². The molecule has 1 aliphatic rings. The molecule has 0 amide bonds. The molecule has 0 aliphatic carbocycles. The zero-order valence-electron chi connectivity index (χ0n) is 18.4. The molecule has 2 aromatic heterocycles. The first kappa shape index (κ1) is 22.8. The van der Waals surface area contributed by atoms with E-state index in [2.05, 4.69) is 15.1 Å². The summed E-state index contributed by atoms with van der Waals surface area (Å²) in [4.78, 5) is 20.3. The minimum Gasteiger partial charge on any atom is -0.493 e. The van der Waals surface area contributed by atoms with Crippen LogP contribution in [-0.2, 0) is 16.4 Å².